The summed E-state index contributed by atoms with van der Waals surface area (Å²) in [5, 5.41) is 0.688. The fourth-order valence-corrected chi connectivity index (χ4v) is 4.00. The number of oxazole rings is 1. The van der Waals surface area contributed by atoms with Gasteiger partial charge in [0.25, 0.3) is 0 Å². The van der Waals surface area contributed by atoms with Crippen molar-refractivity contribution in [3.63, 3.8) is 0 Å². The number of aromatic nitrogens is 2. The van der Waals surface area contributed by atoms with Gasteiger partial charge in [0.15, 0.2) is 16.8 Å². The Bertz CT molecular complexity index is 1090. The van der Waals surface area contributed by atoms with Gasteiger partial charge in [0.1, 0.15) is 5.82 Å². The van der Waals surface area contributed by atoms with E-state index in [1.807, 2.05) is 31.2 Å². The fourth-order valence-electron chi connectivity index (χ4n) is 2.95. The minimum atomic E-state index is -0.366. The van der Waals surface area contributed by atoms with E-state index < -0.39 is 0 Å². The van der Waals surface area contributed by atoms with E-state index in [1.165, 1.54) is 23.6 Å². The zero-order valence-electron chi connectivity index (χ0n) is 15.3. The number of nitrogens with zero attached hydrogens (tertiary/aromatic N) is 3. The number of thiazole rings is 1. The van der Waals surface area contributed by atoms with Crippen LogP contribution < -0.4 is 4.90 Å². The van der Waals surface area contributed by atoms with Crippen molar-refractivity contribution in [2.45, 2.75) is 19.8 Å². The lowest BCUT2D eigenvalue weighted by Crippen LogP contribution is -2.30. The third-order valence-electron chi connectivity index (χ3n) is 4.38. The molecule has 4 aromatic rings. The Morgan fingerprint density at radius 1 is 1.18 bits per heavy atom. The van der Waals surface area contributed by atoms with Gasteiger partial charge in [-0.1, -0.05) is 35.6 Å². The Morgan fingerprint density at radius 3 is 2.75 bits per heavy atom. The third-order valence-corrected chi connectivity index (χ3v) is 5.44. The number of hydrogen-bond donors (Lipinski definition) is 0. The van der Waals surface area contributed by atoms with Gasteiger partial charge < -0.3 is 4.42 Å². The van der Waals surface area contributed by atoms with Gasteiger partial charge in [-0.3, -0.25) is 9.69 Å². The molecule has 0 aliphatic carbocycles. The molecule has 0 bridgehead atoms. The maximum atomic E-state index is 13.9. The molecule has 0 N–H and O–H groups in total. The normalized spacial score (nSPS) is 11.1. The van der Waals surface area contributed by atoms with Crippen molar-refractivity contribution < 1.29 is 13.6 Å². The van der Waals surface area contributed by atoms with E-state index in [-0.39, 0.29) is 18.1 Å². The molecule has 28 heavy (non-hydrogen) atoms. The summed E-state index contributed by atoms with van der Waals surface area (Å²) in [5.74, 6) is 0.354. The molecule has 2 aromatic carbocycles. The number of aryl methyl sites for hydroxylation is 1. The molecule has 0 unspecified atom stereocenters. The van der Waals surface area contributed by atoms with Crippen LogP contribution in [0.2, 0.25) is 0 Å². The Hall–Kier alpha value is -3.06. The second-order valence-electron chi connectivity index (χ2n) is 6.20. The summed E-state index contributed by atoms with van der Waals surface area (Å²) in [6.45, 7) is 2.45. The second kappa shape index (κ2) is 7.90. The van der Waals surface area contributed by atoms with E-state index in [0.717, 1.165) is 10.2 Å². The molecule has 0 fully saturated rings. The maximum Gasteiger partial charge on any atom is 0.229 e. The smallest absolute Gasteiger partial charge is 0.229 e. The first-order valence-corrected chi connectivity index (χ1v) is 9.83. The van der Waals surface area contributed by atoms with Gasteiger partial charge in [-0.05, 0) is 31.2 Å². The average Bonchev–Trinajstić information content (AvgIpc) is 3.34. The molecular weight excluding hydrogens is 377 g/mol. The number of hydrogen-bond acceptors (Lipinski definition) is 5. The van der Waals surface area contributed by atoms with Crippen LogP contribution in [0.5, 0.6) is 0 Å². The first-order valence-electron chi connectivity index (χ1n) is 9.01. The molecule has 0 radical (unpaired) electrons. The molecule has 0 saturated carbocycles. The summed E-state index contributed by atoms with van der Waals surface area (Å²) in [7, 11) is 0. The van der Waals surface area contributed by atoms with E-state index in [2.05, 4.69) is 9.97 Å². The Kier molecular flexibility index (Phi) is 5.16. The van der Waals surface area contributed by atoms with Crippen molar-refractivity contribution in [1.82, 2.24) is 9.97 Å². The molecule has 142 valence electrons. The van der Waals surface area contributed by atoms with Crippen molar-refractivity contribution in [3.8, 4) is 11.3 Å². The van der Waals surface area contributed by atoms with Crippen LogP contribution in [0.3, 0.4) is 0 Å². The van der Waals surface area contributed by atoms with Crippen LogP contribution in [-0.2, 0) is 11.2 Å². The van der Waals surface area contributed by atoms with E-state index in [4.69, 9.17) is 4.42 Å². The average molecular weight is 395 g/mol. The van der Waals surface area contributed by atoms with Crippen LogP contribution in [-0.4, -0.2) is 22.4 Å². The number of halogens is 1. The quantitative estimate of drug-likeness (QED) is 0.457. The SMILES string of the molecule is CCN(C(=O)CCc1ncc(-c2ccccc2F)o1)c1nc2ccccc2s1. The van der Waals surface area contributed by atoms with Crippen molar-refractivity contribution in [2.75, 3.05) is 11.4 Å². The second-order valence-corrected chi connectivity index (χ2v) is 7.21. The van der Waals surface area contributed by atoms with Gasteiger partial charge in [0, 0.05) is 19.4 Å². The number of carbonyl (C=O) groups is 1. The van der Waals surface area contributed by atoms with Gasteiger partial charge in [0.2, 0.25) is 5.91 Å². The fraction of sp³-hybridized carbons (Fsp3) is 0.190. The largest absolute Gasteiger partial charge is 0.441 e. The molecule has 4 rings (SSSR count). The first kappa shape index (κ1) is 18.3. The molecule has 0 aliphatic rings. The summed E-state index contributed by atoms with van der Waals surface area (Å²) in [4.78, 5) is 23.1. The molecule has 5 nitrogen and oxygen atoms in total. The van der Waals surface area contributed by atoms with Crippen molar-refractivity contribution in [3.05, 3.63) is 66.4 Å². The van der Waals surface area contributed by atoms with E-state index >= 15 is 0 Å². The lowest BCUT2D eigenvalue weighted by Gasteiger charge is -2.17. The van der Waals surface area contributed by atoms with Gasteiger partial charge >= 0.3 is 0 Å². The minimum Gasteiger partial charge on any atom is -0.441 e. The van der Waals surface area contributed by atoms with Crippen LogP contribution in [0.25, 0.3) is 21.5 Å². The molecule has 0 aliphatic heterocycles. The van der Waals surface area contributed by atoms with Gasteiger partial charge in [-0.15, -0.1) is 0 Å². The zero-order valence-corrected chi connectivity index (χ0v) is 16.1. The molecule has 0 spiro atoms. The van der Waals surface area contributed by atoms with E-state index in [1.54, 1.807) is 23.1 Å². The Balaban J connectivity index is 1.45. The number of fused-ring (bicyclic) bond motifs is 1. The van der Waals surface area contributed by atoms with Gasteiger partial charge in [-0.25, -0.2) is 14.4 Å². The zero-order chi connectivity index (χ0) is 19.5. The Labute approximate surface area is 165 Å². The number of rotatable bonds is 6. The topological polar surface area (TPSA) is 59.2 Å². The molecule has 2 heterocycles. The number of benzene rings is 2. The number of amides is 1. The number of para-hydroxylation sites is 1. The van der Waals surface area contributed by atoms with Crippen molar-refractivity contribution >= 4 is 32.6 Å². The first-order chi connectivity index (χ1) is 13.7. The molecule has 7 heteroatoms. The van der Waals surface area contributed by atoms with Crippen molar-refractivity contribution in [1.29, 1.82) is 0 Å². The van der Waals surface area contributed by atoms with Crippen molar-refractivity contribution in [2.24, 2.45) is 0 Å². The standard InChI is InChI=1S/C21H18FN3O2S/c1-2-25(21-24-16-9-5-6-10-18(16)28-21)20(26)12-11-19-23-13-17(27-19)14-7-3-4-8-15(14)22/h3-10,13H,2,11-12H2,1H3. The monoisotopic (exact) mass is 395 g/mol. The van der Waals surface area contributed by atoms with Gasteiger partial charge in [-0.2, -0.15) is 0 Å². The summed E-state index contributed by atoms with van der Waals surface area (Å²) >= 11 is 1.50. The number of carbonyl (C=O) groups excluding carboxylic acids is 1. The lowest BCUT2D eigenvalue weighted by molar-refractivity contribution is -0.118. The summed E-state index contributed by atoms with van der Waals surface area (Å²) in [6, 6.07) is 14.2. The van der Waals surface area contributed by atoms with Crippen LogP contribution in [0.1, 0.15) is 19.2 Å². The maximum absolute atomic E-state index is 13.9. The summed E-state index contributed by atoms with van der Waals surface area (Å²) < 4.78 is 20.6. The highest BCUT2D eigenvalue weighted by atomic mass is 32.1. The highest BCUT2D eigenvalue weighted by Gasteiger charge is 2.19. The van der Waals surface area contributed by atoms with Crippen LogP contribution >= 0.6 is 11.3 Å². The van der Waals surface area contributed by atoms with E-state index in [9.17, 15) is 9.18 Å². The minimum absolute atomic E-state index is 0.0489. The molecule has 2 aromatic heterocycles. The molecule has 0 atom stereocenters. The third kappa shape index (κ3) is 3.66. The molecule has 1 amide bonds. The predicted octanol–water partition coefficient (Wildman–Crippen LogP) is 5.08. The highest BCUT2D eigenvalue weighted by Crippen LogP contribution is 2.29. The van der Waals surface area contributed by atoms with E-state index in [0.29, 0.717) is 35.3 Å². The van der Waals surface area contributed by atoms with Crippen LogP contribution in [0.15, 0.2) is 59.1 Å². The predicted molar refractivity (Wildman–Crippen MR) is 108 cm³/mol. The molecular formula is C21H18FN3O2S. The lowest BCUT2D eigenvalue weighted by atomic mass is 10.2. The number of anilines is 1. The highest BCUT2D eigenvalue weighted by molar-refractivity contribution is 7.22. The Morgan fingerprint density at radius 2 is 1.96 bits per heavy atom. The van der Waals surface area contributed by atoms with Crippen LogP contribution in [0.4, 0.5) is 9.52 Å². The summed E-state index contributed by atoms with van der Waals surface area (Å²) in [6.07, 6.45) is 2.07. The van der Waals surface area contributed by atoms with Gasteiger partial charge in [0.05, 0.1) is 22.0 Å². The summed E-state index contributed by atoms with van der Waals surface area (Å²) in [5.41, 5.74) is 1.24. The molecule has 0 saturated heterocycles. The van der Waals surface area contributed by atoms with Crippen LogP contribution in [0, 0.1) is 5.82 Å².